The number of thiazole rings is 1. The van der Waals surface area contributed by atoms with Crippen LogP contribution in [0.1, 0.15) is 21.9 Å². The van der Waals surface area contributed by atoms with Gasteiger partial charge in [0.25, 0.3) is 5.91 Å². The number of carbonyl (C=O) groups excluding carboxylic acids is 3. The lowest BCUT2D eigenvalue weighted by Gasteiger charge is -2.21. The SMILES string of the molecule is O=C(Cn1cc(CN2C(=O)C(=O)C3CC(Br)=C(Br)C=C32)nn1)c1nc2ccccc2s1. The number of carbonyl (C=O) groups is 3. The highest BCUT2D eigenvalue weighted by Crippen LogP contribution is 2.41. The molecule has 1 fully saturated rings. The Morgan fingerprint density at radius 1 is 1.23 bits per heavy atom. The van der Waals surface area contributed by atoms with Crippen LogP contribution in [0.5, 0.6) is 0 Å². The van der Waals surface area contributed by atoms with Gasteiger partial charge in [-0.2, -0.15) is 0 Å². The molecule has 2 aromatic heterocycles. The Morgan fingerprint density at radius 3 is 2.84 bits per heavy atom. The maximum absolute atomic E-state index is 12.6. The summed E-state index contributed by atoms with van der Waals surface area (Å²) in [5, 5.41) is 8.50. The van der Waals surface area contributed by atoms with Crippen molar-refractivity contribution in [3.8, 4) is 0 Å². The Hall–Kier alpha value is -2.50. The third kappa shape index (κ3) is 3.70. The molecule has 1 saturated heterocycles. The Labute approximate surface area is 196 Å². The van der Waals surface area contributed by atoms with Gasteiger partial charge in [0.05, 0.1) is 28.9 Å². The average Bonchev–Trinajstić information content (AvgIpc) is 3.43. The number of para-hydroxylation sites is 1. The summed E-state index contributed by atoms with van der Waals surface area (Å²) in [6.07, 6.45) is 3.83. The molecule has 11 heteroatoms. The van der Waals surface area contributed by atoms with E-state index in [0.717, 1.165) is 19.2 Å². The van der Waals surface area contributed by atoms with Crippen LogP contribution >= 0.6 is 43.2 Å². The van der Waals surface area contributed by atoms with Crippen LogP contribution in [0.2, 0.25) is 0 Å². The fraction of sp³-hybridized carbons (Fsp3) is 0.200. The van der Waals surface area contributed by atoms with E-state index in [1.165, 1.54) is 20.9 Å². The fourth-order valence-electron chi connectivity index (χ4n) is 3.60. The Morgan fingerprint density at radius 2 is 2.03 bits per heavy atom. The fourth-order valence-corrected chi connectivity index (χ4v) is 5.33. The molecule has 0 saturated carbocycles. The Bertz CT molecular complexity index is 1290. The van der Waals surface area contributed by atoms with E-state index in [-0.39, 0.29) is 18.9 Å². The number of amides is 1. The van der Waals surface area contributed by atoms with Gasteiger partial charge < -0.3 is 4.90 Å². The number of benzene rings is 1. The van der Waals surface area contributed by atoms with Crippen LogP contribution in [0.3, 0.4) is 0 Å². The van der Waals surface area contributed by atoms with Gasteiger partial charge >= 0.3 is 0 Å². The standard InChI is InChI=1S/C20H13Br2N5O3S/c21-12-5-11-15(6-13(12)22)27(20(30)18(11)29)8-10-7-26(25-24-10)9-16(28)19-23-14-3-1-2-4-17(14)31-19/h1-4,6-7,11H,5,8-9H2. The van der Waals surface area contributed by atoms with E-state index < -0.39 is 17.6 Å². The molecule has 8 nitrogen and oxygen atoms in total. The maximum atomic E-state index is 12.6. The highest BCUT2D eigenvalue weighted by atomic mass is 79.9. The van der Waals surface area contributed by atoms with Crippen LogP contribution in [0.15, 0.2) is 51.2 Å². The first-order valence-electron chi connectivity index (χ1n) is 9.30. The number of halogens is 2. The zero-order valence-electron chi connectivity index (χ0n) is 15.8. The number of hydrogen-bond donors (Lipinski definition) is 0. The summed E-state index contributed by atoms with van der Waals surface area (Å²) in [5.41, 5.74) is 1.92. The first-order chi connectivity index (χ1) is 14.9. The van der Waals surface area contributed by atoms with Gasteiger partial charge in [0, 0.05) is 14.7 Å². The molecule has 1 atom stereocenters. The summed E-state index contributed by atoms with van der Waals surface area (Å²) in [7, 11) is 0. The van der Waals surface area contributed by atoms with Crippen molar-refractivity contribution in [2.45, 2.75) is 19.5 Å². The highest BCUT2D eigenvalue weighted by Gasteiger charge is 2.45. The van der Waals surface area contributed by atoms with E-state index >= 15 is 0 Å². The Kier molecular flexibility index (Phi) is 5.19. The van der Waals surface area contributed by atoms with E-state index in [9.17, 15) is 14.4 Å². The number of Topliss-reactive ketones (excluding diaryl/α,β-unsaturated/α-hetero) is 2. The second-order valence-corrected chi connectivity index (χ2v) is 9.99. The van der Waals surface area contributed by atoms with E-state index in [4.69, 9.17) is 0 Å². The monoisotopic (exact) mass is 561 g/mol. The number of fused-ring (bicyclic) bond motifs is 2. The normalized spacial score (nSPS) is 18.7. The molecule has 0 spiro atoms. The zero-order valence-corrected chi connectivity index (χ0v) is 19.8. The summed E-state index contributed by atoms with van der Waals surface area (Å²) in [6, 6.07) is 7.57. The molecule has 1 amide bonds. The van der Waals surface area contributed by atoms with E-state index in [2.05, 4.69) is 47.2 Å². The zero-order chi connectivity index (χ0) is 21.7. The molecule has 31 heavy (non-hydrogen) atoms. The quantitative estimate of drug-likeness (QED) is 0.348. The smallest absolute Gasteiger partial charge is 0.295 e. The van der Waals surface area contributed by atoms with Crippen LogP contribution in [0.4, 0.5) is 0 Å². The second kappa shape index (κ2) is 7.88. The molecular formula is C20H13Br2N5O3S. The topological polar surface area (TPSA) is 98.1 Å². The molecule has 3 aromatic rings. The number of hydrogen-bond acceptors (Lipinski definition) is 7. The number of rotatable bonds is 5. The number of allylic oxidation sites excluding steroid dienone is 4. The van der Waals surface area contributed by atoms with Crippen molar-refractivity contribution in [1.82, 2.24) is 24.9 Å². The van der Waals surface area contributed by atoms with Crippen molar-refractivity contribution >= 4 is 70.9 Å². The van der Waals surface area contributed by atoms with Gasteiger partial charge in [0.15, 0.2) is 5.01 Å². The maximum Gasteiger partial charge on any atom is 0.295 e. The minimum atomic E-state index is -0.557. The number of likely N-dealkylation sites (tertiary alicyclic amines) is 1. The summed E-state index contributed by atoms with van der Waals surface area (Å²) >= 11 is 8.20. The van der Waals surface area contributed by atoms with Crippen molar-refractivity contribution < 1.29 is 14.4 Å². The molecule has 0 N–H and O–H groups in total. The number of ketones is 2. The summed E-state index contributed by atoms with van der Waals surface area (Å²) in [5.74, 6) is -1.64. The lowest BCUT2D eigenvalue weighted by Crippen LogP contribution is -2.26. The molecular weight excluding hydrogens is 550 g/mol. The summed E-state index contributed by atoms with van der Waals surface area (Å²) in [4.78, 5) is 43.3. The molecule has 1 aromatic carbocycles. The van der Waals surface area contributed by atoms with E-state index in [1.54, 1.807) is 12.3 Å². The van der Waals surface area contributed by atoms with Gasteiger partial charge in [-0.15, -0.1) is 16.4 Å². The van der Waals surface area contributed by atoms with Gasteiger partial charge in [-0.05, 0) is 40.6 Å². The first-order valence-corrected chi connectivity index (χ1v) is 11.7. The molecule has 2 aliphatic rings. The molecule has 5 rings (SSSR count). The van der Waals surface area contributed by atoms with Crippen LogP contribution in [-0.4, -0.2) is 42.4 Å². The molecule has 3 heterocycles. The molecule has 0 radical (unpaired) electrons. The van der Waals surface area contributed by atoms with Crippen LogP contribution < -0.4 is 0 Å². The van der Waals surface area contributed by atoms with Crippen molar-refractivity contribution in [3.63, 3.8) is 0 Å². The van der Waals surface area contributed by atoms with Crippen LogP contribution in [0, 0.1) is 5.92 Å². The largest absolute Gasteiger partial charge is 0.303 e. The molecule has 156 valence electrons. The summed E-state index contributed by atoms with van der Waals surface area (Å²) < 4.78 is 4.02. The van der Waals surface area contributed by atoms with Gasteiger partial charge in [-0.3, -0.25) is 14.4 Å². The average molecular weight is 563 g/mol. The summed E-state index contributed by atoms with van der Waals surface area (Å²) in [6.45, 7) is 0.104. The van der Waals surface area contributed by atoms with Crippen molar-refractivity contribution in [2.75, 3.05) is 0 Å². The predicted octanol–water partition coefficient (Wildman–Crippen LogP) is 3.59. The lowest BCUT2D eigenvalue weighted by molar-refractivity contribution is -0.140. The molecule has 1 aliphatic carbocycles. The number of aromatic nitrogens is 4. The first kappa shape index (κ1) is 20.4. The predicted molar refractivity (Wildman–Crippen MR) is 121 cm³/mol. The molecule has 1 unspecified atom stereocenters. The lowest BCUT2D eigenvalue weighted by atomic mass is 9.96. The minimum absolute atomic E-state index is 0.00769. The van der Waals surface area contributed by atoms with Crippen LogP contribution in [-0.2, 0) is 22.7 Å². The van der Waals surface area contributed by atoms with Crippen molar-refractivity contribution in [1.29, 1.82) is 0 Å². The number of nitrogens with zero attached hydrogens (tertiary/aromatic N) is 5. The van der Waals surface area contributed by atoms with E-state index in [0.29, 0.717) is 22.8 Å². The van der Waals surface area contributed by atoms with E-state index in [1.807, 2.05) is 24.3 Å². The van der Waals surface area contributed by atoms with Gasteiger partial charge in [0.2, 0.25) is 11.6 Å². The van der Waals surface area contributed by atoms with Gasteiger partial charge in [-0.1, -0.05) is 33.3 Å². The highest BCUT2D eigenvalue weighted by molar-refractivity contribution is 9.14. The Balaban J connectivity index is 1.32. The molecule has 1 aliphatic heterocycles. The van der Waals surface area contributed by atoms with Crippen LogP contribution in [0.25, 0.3) is 10.2 Å². The molecule has 0 bridgehead atoms. The third-order valence-corrected chi connectivity index (χ3v) is 8.17. The van der Waals surface area contributed by atoms with Crippen molar-refractivity contribution in [3.05, 3.63) is 61.9 Å². The van der Waals surface area contributed by atoms with Gasteiger partial charge in [0.1, 0.15) is 12.2 Å². The van der Waals surface area contributed by atoms with Gasteiger partial charge in [-0.25, -0.2) is 9.67 Å². The minimum Gasteiger partial charge on any atom is -0.303 e. The third-order valence-electron chi connectivity index (χ3n) is 5.10. The van der Waals surface area contributed by atoms with Crippen molar-refractivity contribution in [2.24, 2.45) is 5.92 Å². The second-order valence-electron chi connectivity index (χ2n) is 7.15.